The van der Waals surface area contributed by atoms with Gasteiger partial charge in [0.05, 0.1) is 13.3 Å². The van der Waals surface area contributed by atoms with E-state index in [1.807, 2.05) is 91.0 Å². The van der Waals surface area contributed by atoms with Gasteiger partial charge in [-0.1, -0.05) is 91.0 Å². The summed E-state index contributed by atoms with van der Waals surface area (Å²) in [6.07, 6.45) is 1.46. The smallest absolute Gasteiger partial charge is 0.271 e. The van der Waals surface area contributed by atoms with Crippen LogP contribution in [0.5, 0.6) is 28.7 Å². The van der Waals surface area contributed by atoms with Gasteiger partial charge < -0.3 is 24.1 Å². The largest absolute Gasteiger partial charge is 0.504 e. The lowest BCUT2D eigenvalue weighted by Crippen LogP contribution is -2.18. The molecule has 0 heterocycles. The van der Waals surface area contributed by atoms with E-state index >= 15 is 0 Å². The fraction of sp³-hybridized carbons (Fsp3) is 0.111. The number of methoxy groups -OCH3 is 1. The lowest BCUT2D eigenvalue weighted by atomic mass is 10.1. The van der Waals surface area contributed by atoms with Gasteiger partial charge in [0, 0.05) is 5.56 Å². The minimum atomic E-state index is -0.476. The van der Waals surface area contributed by atoms with Crippen LogP contribution in [0.4, 0.5) is 0 Å². The Labute approximate surface area is 256 Å². The van der Waals surface area contributed by atoms with Crippen molar-refractivity contribution >= 4 is 12.1 Å². The van der Waals surface area contributed by atoms with Gasteiger partial charge in [-0.15, -0.1) is 0 Å². The number of phenols is 1. The molecule has 0 aliphatic carbocycles. The minimum absolute atomic E-state index is 0.00863. The number of hydrazone groups is 1. The van der Waals surface area contributed by atoms with Crippen molar-refractivity contribution in [1.82, 2.24) is 5.43 Å². The molecule has 0 spiro atoms. The number of amides is 1. The summed E-state index contributed by atoms with van der Waals surface area (Å²) in [5, 5.41) is 13.9. The van der Waals surface area contributed by atoms with Crippen molar-refractivity contribution in [2.75, 3.05) is 7.11 Å². The van der Waals surface area contributed by atoms with E-state index in [1.54, 1.807) is 24.3 Å². The number of carbonyl (C=O) groups is 1. The molecular formula is C36H32N2O6. The first-order valence-electron chi connectivity index (χ1n) is 14.0. The van der Waals surface area contributed by atoms with Crippen LogP contribution >= 0.6 is 0 Å². The number of benzene rings is 5. The quantitative estimate of drug-likeness (QED) is 0.115. The molecule has 5 aromatic rings. The zero-order valence-electron chi connectivity index (χ0n) is 24.2. The number of hydrogen-bond acceptors (Lipinski definition) is 7. The second-order valence-electron chi connectivity index (χ2n) is 9.75. The van der Waals surface area contributed by atoms with E-state index in [1.165, 1.54) is 19.4 Å². The highest BCUT2D eigenvalue weighted by Gasteiger charge is 2.20. The standard InChI is InChI=1S/C36H32N2O6/c1-41-32-19-29(17-18-31(32)39)22-37-38-36(40)30-20-33(42-23-26-11-5-2-6-12-26)35(44-25-28-15-9-4-10-16-28)34(21-30)43-24-27-13-7-3-8-14-27/h2-22,39H,23-25H2,1H3,(H,38,40)/b37-22+. The summed E-state index contributed by atoms with van der Waals surface area (Å²) in [6, 6.07) is 37.2. The van der Waals surface area contributed by atoms with Gasteiger partial charge in [0.2, 0.25) is 5.75 Å². The zero-order chi connectivity index (χ0) is 30.6. The van der Waals surface area contributed by atoms with Gasteiger partial charge in [-0.25, -0.2) is 5.43 Å². The number of nitrogens with one attached hydrogen (secondary N) is 1. The predicted octanol–water partition coefficient (Wildman–Crippen LogP) is 6.90. The third-order valence-corrected chi connectivity index (χ3v) is 6.57. The molecule has 5 aromatic carbocycles. The molecule has 0 aromatic heterocycles. The van der Waals surface area contributed by atoms with Gasteiger partial charge in [-0.05, 0) is 52.6 Å². The third kappa shape index (κ3) is 8.17. The molecule has 0 aliphatic heterocycles. The van der Waals surface area contributed by atoms with Crippen LogP contribution < -0.4 is 24.4 Å². The summed E-state index contributed by atoms with van der Waals surface area (Å²) < 4.78 is 23.9. The van der Waals surface area contributed by atoms with Crippen LogP contribution in [0, 0.1) is 0 Å². The van der Waals surface area contributed by atoms with Crippen molar-refractivity contribution in [2.45, 2.75) is 19.8 Å². The van der Waals surface area contributed by atoms with E-state index in [2.05, 4.69) is 10.5 Å². The topological polar surface area (TPSA) is 98.6 Å². The van der Waals surface area contributed by atoms with E-state index in [-0.39, 0.29) is 31.1 Å². The molecule has 1 amide bonds. The maximum atomic E-state index is 13.3. The summed E-state index contributed by atoms with van der Waals surface area (Å²) in [6.45, 7) is 0.787. The summed E-state index contributed by atoms with van der Waals surface area (Å²) in [7, 11) is 1.46. The van der Waals surface area contributed by atoms with Crippen molar-refractivity contribution in [1.29, 1.82) is 0 Å². The lowest BCUT2D eigenvalue weighted by molar-refractivity contribution is 0.0953. The first kappa shape index (κ1) is 29.7. The van der Waals surface area contributed by atoms with Gasteiger partial charge in [-0.3, -0.25) is 4.79 Å². The average Bonchev–Trinajstić information content (AvgIpc) is 3.07. The Hall–Kier alpha value is -5.76. The molecule has 0 saturated heterocycles. The molecule has 222 valence electrons. The van der Waals surface area contributed by atoms with Gasteiger partial charge >= 0.3 is 0 Å². The number of aromatic hydroxyl groups is 1. The van der Waals surface area contributed by atoms with Crippen molar-refractivity contribution < 1.29 is 28.8 Å². The number of nitrogens with zero attached hydrogens (tertiary/aromatic N) is 1. The Morgan fingerprint density at radius 3 is 1.68 bits per heavy atom. The molecule has 0 saturated carbocycles. The fourth-order valence-corrected chi connectivity index (χ4v) is 4.27. The highest BCUT2D eigenvalue weighted by molar-refractivity contribution is 5.96. The van der Waals surface area contributed by atoms with E-state index < -0.39 is 5.91 Å². The number of rotatable bonds is 13. The molecule has 2 N–H and O–H groups in total. The third-order valence-electron chi connectivity index (χ3n) is 6.57. The fourth-order valence-electron chi connectivity index (χ4n) is 4.27. The van der Waals surface area contributed by atoms with Crippen LogP contribution in [-0.2, 0) is 19.8 Å². The number of phenolic OH excluding ortho intramolecular Hbond substituents is 1. The molecular weight excluding hydrogens is 556 g/mol. The van der Waals surface area contributed by atoms with Crippen LogP contribution in [0.25, 0.3) is 0 Å². The Bertz CT molecular complexity index is 1630. The van der Waals surface area contributed by atoms with Crippen LogP contribution in [-0.4, -0.2) is 24.3 Å². The van der Waals surface area contributed by atoms with Crippen LogP contribution in [0.3, 0.4) is 0 Å². The number of carbonyl (C=O) groups excluding carboxylic acids is 1. The Morgan fingerprint density at radius 2 is 1.18 bits per heavy atom. The second kappa shape index (κ2) is 14.9. The summed E-state index contributed by atoms with van der Waals surface area (Å²) in [4.78, 5) is 13.3. The first-order chi connectivity index (χ1) is 21.6. The van der Waals surface area contributed by atoms with E-state index in [0.717, 1.165) is 16.7 Å². The van der Waals surface area contributed by atoms with Gasteiger partial charge in [0.15, 0.2) is 23.0 Å². The monoisotopic (exact) mass is 588 g/mol. The van der Waals surface area contributed by atoms with Crippen molar-refractivity contribution in [3.63, 3.8) is 0 Å². The highest BCUT2D eigenvalue weighted by Crippen LogP contribution is 2.40. The van der Waals surface area contributed by atoms with Crippen molar-refractivity contribution in [3.8, 4) is 28.7 Å². The molecule has 0 aliphatic rings. The molecule has 5 rings (SSSR count). The molecule has 0 atom stereocenters. The predicted molar refractivity (Wildman–Crippen MR) is 168 cm³/mol. The Morgan fingerprint density at radius 1 is 0.682 bits per heavy atom. The molecule has 0 radical (unpaired) electrons. The number of ether oxygens (including phenoxy) is 4. The van der Waals surface area contributed by atoms with E-state index in [4.69, 9.17) is 18.9 Å². The Kier molecular flexibility index (Phi) is 10.1. The zero-order valence-corrected chi connectivity index (χ0v) is 24.2. The normalized spacial score (nSPS) is 10.8. The van der Waals surface area contributed by atoms with E-state index in [9.17, 15) is 9.90 Å². The summed E-state index contributed by atoms with van der Waals surface area (Å²) in [5.41, 5.74) is 6.33. The number of hydrogen-bond donors (Lipinski definition) is 2. The maximum absolute atomic E-state index is 13.3. The molecule has 8 heteroatoms. The lowest BCUT2D eigenvalue weighted by Gasteiger charge is -2.19. The van der Waals surface area contributed by atoms with Gasteiger partial charge in [-0.2, -0.15) is 5.10 Å². The van der Waals surface area contributed by atoms with Crippen molar-refractivity contribution in [2.24, 2.45) is 5.10 Å². The summed E-state index contributed by atoms with van der Waals surface area (Å²) >= 11 is 0. The second-order valence-corrected chi connectivity index (χ2v) is 9.75. The summed E-state index contributed by atoms with van der Waals surface area (Å²) in [5.74, 6) is 0.925. The van der Waals surface area contributed by atoms with Gasteiger partial charge in [0.1, 0.15) is 19.8 Å². The van der Waals surface area contributed by atoms with E-state index in [0.29, 0.717) is 28.6 Å². The molecule has 0 unspecified atom stereocenters. The minimum Gasteiger partial charge on any atom is -0.504 e. The maximum Gasteiger partial charge on any atom is 0.271 e. The molecule has 0 fully saturated rings. The average molecular weight is 589 g/mol. The first-order valence-corrected chi connectivity index (χ1v) is 14.0. The molecule has 8 nitrogen and oxygen atoms in total. The SMILES string of the molecule is COc1cc(/C=N/NC(=O)c2cc(OCc3ccccc3)c(OCc3ccccc3)c(OCc3ccccc3)c2)ccc1O. The van der Waals surface area contributed by atoms with Gasteiger partial charge in [0.25, 0.3) is 5.91 Å². The van der Waals surface area contributed by atoms with Crippen LogP contribution in [0.15, 0.2) is 126 Å². The van der Waals surface area contributed by atoms with Crippen molar-refractivity contribution in [3.05, 3.63) is 149 Å². The van der Waals surface area contributed by atoms with Crippen LogP contribution in [0.1, 0.15) is 32.6 Å². The molecule has 44 heavy (non-hydrogen) atoms. The Balaban J connectivity index is 1.45. The molecule has 0 bridgehead atoms. The highest BCUT2D eigenvalue weighted by atomic mass is 16.5. The van der Waals surface area contributed by atoms with Crippen LogP contribution in [0.2, 0.25) is 0 Å².